The monoisotopic (exact) mass is 168 g/mol. The Hall–Kier alpha value is -0.340. The van der Waals surface area contributed by atoms with E-state index in [9.17, 15) is 0 Å². The van der Waals surface area contributed by atoms with Crippen LogP contribution in [0.2, 0.25) is 0 Å². The molecular formula is C9H12OS. The highest BCUT2D eigenvalue weighted by Gasteiger charge is 2.25. The molecule has 0 saturated carbocycles. The second-order valence-corrected chi connectivity index (χ2v) is 3.97. The van der Waals surface area contributed by atoms with Gasteiger partial charge in [-0.15, -0.1) is 11.3 Å². The maximum atomic E-state index is 5.50. The van der Waals surface area contributed by atoms with Crippen LogP contribution in [0.15, 0.2) is 17.5 Å². The first-order chi connectivity index (χ1) is 5.38. The fourth-order valence-electron chi connectivity index (χ4n) is 1.61. The lowest BCUT2D eigenvalue weighted by atomic mass is 10.0. The van der Waals surface area contributed by atoms with Crippen molar-refractivity contribution in [3.8, 4) is 0 Å². The molecule has 1 fully saturated rings. The average molecular weight is 168 g/mol. The van der Waals surface area contributed by atoms with Crippen LogP contribution in [0.5, 0.6) is 0 Å². The van der Waals surface area contributed by atoms with Crippen molar-refractivity contribution in [3.05, 3.63) is 22.4 Å². The van der Waals surface area contributed by atoms with E-state index in [0.717, 1.165) is 6.61 Å². The van der Waals surface area contributed by atoms with Crippen LogP contribution in [0.4, 0.5) is 0 Å². The lowest BCUT2D eigenvalue weighted by Crippen LogP contribution is -2.07. The van der Waals surface area contributed by atoms with E-state index in [1.54, 1.807) is 0 Å². The molecule has 1 saturated heterocycles. The molecule has 1 aromatic rings. The molecule has 1 aromatic heterocycles. The van der Waals surface area contributed by atoms with Gasteiger partial charge in [-0.05, 0) is 24.8 Å². The largest absolute Gasteiger partial charge is 0.378 e. The normalized spacial score (nSPS) is 31.0. The van der Waals surface area contributed by atoms with E-state index in [0.29, 0.717) is 12.0 Å². The zero-order valence-corrected chi connectivity index (χ0v) is 7.43. The molecule has 2 heteroatoms. The van der Waals surface area contributed by atoms with Gasteiger partial charge < -0.3 is 4.74 Å². The number of thiophene rings is 1. The summed E-state index contributed by atoms with van der Waals surface area (Å²) in [6.45, 7) is 3.10. The third kappa shape index (κ3) is 1.33. The molecule has 0 bridgehead atoms. The molecule has 1 aliphatic rings. The van der Waals surface area contributed by atoms with Gasteiger partial charge in [-0.3, -0.25) is 0 Å². The molecule has 0 radical (unpaired) electrons. The van der Waals surface area contributed by atoms with Crippen molar-refractivity contribution in [2.45, 2.75) is 25.4 Å². The van der Waals surface area contributed by atoms with Crippen molar-refractivity contribution in [1.82, 2.24) is 0 Å². The maximum absolute atomic E-state index is 5.50. The molecular weight excluding hydrogens is 156 g/mol. The van der Waals surface area contributed by atoms with Crippen LogP contribution < -0.4 is 0 Å². The van der Waals surface area contributed by atoms with Crippen molar-refractivity contribution in [2.24, 2.45) is 0 Å². The van der Waals surface area contributed by atoms with E-state index in [1.165, 1.54) is 11.3 Å². The highest BCUT2D eigenvalue weighted by atomic mass is 32.1. The molecule has 2 unspecified atom stereocenters. The van der Waals surface area contributed by atoms with Crippen LogP contribution in [0.3, 0.4) is 0 Å². The van der Waals surface area contributed by atoms with Gasteiger partial charge in [-0.25, -0.2) is 0 Å². The van der Waals surface area contributed by atoms with Crippen LogP contribution in [0.1, 0.15) is 24.1 Å². The zero-order valence-electron chi connectivity index (χ0n) is 6.62. The second kappa shape index (κ2) is 2.95. The van der Waals surface area contributed by atoms with Crippen molar-refractivity contribution < 1.29 is 4.74 Å². The molecule has 0 aliphatic carbocycles. The van der Waals surface area contributed by atoms with Crippen molar-refractivity contribution in [1.29, 1.82) is 0 Å². The van der Waals surface area contributed by atoms with E-state index >= 15 is 0 Å². The summed E-state index contributed by atoms with van der Waals surface area (Å²) in [4.78, 5) is 1.48. The van der Waals surface area contributed by atoms with Gasteiger partial charge in [0.15, 0.2) is 0 Å². The number of ether oxygens (including phenoxy) is 1. The Morgan fingerprint density at radius 2 is 2.55 bits per heavy atom. The highest BCUT2D eigenvalue weighted by molar-refractivity contribution is 7.10. The number of hydrogen-bond donors (Lipinski definition) is 0. The first kappa shape index (κ1) is 7.32. The molecule has 2 rings (SSSR count). The Balaban J connectivity index is 2.16. The molecule has 1 aliphatic heterocycles. The SMILES string of the molecule is CC1OCCC1c1cccs1. The van der Waals surface area contributed by atoms with Gasteiger partial charge in [-0.2, -0.15) is 0 Å². The summed E-state index contributed by atoms with van der Waals surface area (Å²) < 4.78 is 5.50. The Morgan fingerprint density at radius 1 is 1.64 bits per heavy atom. The summed E-state index contributed by atoms with van der Waals surface area (Å²) in [6, 6.07) is 4.32. The van der Waals surface area contributed by atoms with Crippen LogP contribution in [-0.2, 0) is 4.74 Å². The fraction of sp³-hybridized carbons (Fsp3) is 0.556. The van der Waals surface area contributed by atoms with Gasteiger partial charge in [0.25, 0.3) is 0 Å². The first-order valence-electron chi connectivity index (χ1n) is 4.03. The van der Waals surface area contributed by atoms with E-state index in [-0.39, 0.29) is 0 Å². The fourth-order valence-corrected chi connectivity index (χ4v) is 2.56. The van der Waals surface area contributed by atoms with Crippen LogP contribution in [0, 0.1) is 0 Å². The third-order valence-electron chi connectivity index (χ3n) is 2.28. The number of rotatable bonds is 1. The lowest BCUT2D eigenvalue weighted by molar-refractivity contribution is 0.119. The molecule has 11 heavy (non-hydrogen) atoms. The van der Waals surface area contributed by atoms with Crippen LogP contribution in [0.25, 0.3) is 0 Å². The quantitative estimate of drug-likeness (QED) is 0.626. The Labute approximate surface area is 71.0 Å². The minimum atomic E-state index is 0.425. The Morgan fingerprint density at radius 3 is 3.09 bits per heavy atom. The summed E-state index contributed by atoms with van der Waals surface area (Å²) in [5.41, 5.74) is 0. The lowest BCUT2D eigenvalue weighted by Gasteiger charge is -2.10. The molecule has 0 N–H and O–H groups in total. The van der Waals surface area contributed by atoms with Gasteiger partial charge in [0.05, 0.1) is 6.10 Å². The molecule has 60 valence electrons. The summed E-state index contributed by atoms with van der Waals surface area (Å²) in [6.07, 6.45) is 1.62. The van der Waals surface area contributed by atoms with Gasteiger partial charge in [0.2, 0.25) is 0 Å². The van der Waals surface area contributed by atoms with Crippen molar-refractivity contribution in [3.63, 3.8) is 0 Å². The van der Waals surface area contributed by atoms with E-state index in [2.05, 4.69) is 24.4 Å². The zero-order chi connectivity index (χ0) is 7.68. The first-order valence-corrected chi connectivity index (χ1v) is 4.91. The minimum absolute atomic E-state index is 0.425. The summed E-state index contributed by atoms with van der Waals surface area (Å²) in [5.74, 6) is 0.662. The Bertz CT molecular complexity index is 217. The molecule has 0 aromatic carbocycles. The smallest absolute Gasteiger partial charge is 0.0624 e. The third-order valence-corrected chi connectivity index (χ3v) is 3.29. The minimum Gasteiger partial charge on any atom is -0.378 e. The summed E-state index contributed by atoms with van der Waals surface area (Å²) in [7, 11) is 0. The van der Waals surface area contributed by atoms with E-state index in [1.807, 2.05) is 11.3 Å². The van der Waals surface area contributed by atoms with Crippen LogP contribution in [-0.4, -0.2) is 12.7 Å². The highest BCUT2D eigenvalue weighted by Crippen LogP contribution is 2.33. The summed E-state index contributed by atoms with van der Waals surface area (Å²) in [5, 5.41) is 2.14. The molecule has 2 atom stereocenters. The van der Waals surface area contributed by atoms with Crippen LogP contribution >= 0.6 is 11.3 Å². The molecule has 0 amide bonds. The summed E-state index contributed by atoms with van der Waals surface area (Å²) >= 11 is 1.84. The molecule has 1 nitrogen and oxygen atoms in total. The van der Waals surface area contributed by atoms with Crippen molar-refractivity contribution >= 4 is 11.3 Å². The van der Waals surface area contributed by atoms with E-state index < -0.39 is 0 Å². The topological polar surface area (TPSA) is 9.23 Å². The second-order valence-electron chi connectivity index (χ2n) is 2.99. The van der Waals surface area contributed by atoms with Gasteiger partial charge >= 0.3 is 0 Å². The predicted molar refractivity (Wildman–Crippen MR) is 47.1 cm³/mol. The Kier molecular flexibility index (Phi) is 1.96. The average Bonchev–Trinajstić information content (AvgIpc) is 2.55. The van der Waals surface area contributed by atoms with Gasteiger partial charge in [0.1, 0.15) is 0 Å². The molecule has 2 heterocycles. The molecule has 0 spiro atoms. The standard InChI is InChI=1S/C9H12OS/c1-7-8(4-5-10-7)9-3-2-6-11-9/h2-3,6-8H,4-5H2,1H3. The van der Waals surface area contributed by atoms with Gasteiger partial charge in [-0.1, -0.05) is 6.07 Å². The van der Waals surface area contributed by atoms with Crippen molar-refractivity contribution in [2.75, 3.05) is 6.61 Å². The number of hydrogen-bond acceptors (Lipinski definition) is 2. The maximum Gasteiger partial charge on any atom is 0.0624 e. The predicted octanol–water partition coefficient (Wildman–Crippen LogP) is 2.64. The van der Waals surface area contributed by atoms with Gasteiger partial charge in [0, 0.05) is 17.4 Å². The van der Waals surface area contributed by atoms with E-state index in [4.69, 9.17) is 4.74 Å².